The van der Waals surface area contributed by atoms with Gasteiger partial charge in [-0.1, -0.05) is 228 Å². The lowest BCUT2D eigenvalue weighted by atomic mass is 9.79. The Morgan fingerprint density at radius 3 is 1.29 bits per heavy atom. The fourth-order valence-corrected chi connectivity index (χ4v) is 6.19. The van der Waals surface area contributed by atoms with Crippen LogP contribution in [0.1, 0.15) is 238 Å². The lowest BCUT2D eigenvalue weighted by Gasteiger charge is -2.38. The first-order chi connectivity index (χ1) is 25.1. The molecule has 0 radical (unpaired) electrons. The fraction of sp³-hybridized carbons (Fsp3) is 0.827. The molecule has 0 aromatic carbocycles. The normalized spacial score (nSPS) is 13.9. The maximum Gasteiger partial charge on any atom is 0.0367 e. The number of hydrogen-bond donors (Lipinski definition) is 2. The van der Waals surface area contributed by atoms with Gasteiger partial charge in [-0.15, -0.1) is 0 Å². The first-order valence-corrected chi connectivity index (χ1v) is 23.2. The highest BCUT2D eigenvalue weighted by atomic mass is 32.1. The minimum atomic E-state index is 0. The van der Waals surface area contributed by atoms with Gasteiger partial charge in [0.25, 0.3) is 0 Å². The predicted molar refractivity (Wildman–Crippen MR) is 273 cm³/mol. The van der Waals surface area contributed by atoms with Gasteiger partial charge in [0.15, 0.2) is 0 Å². The van der Waals surface area contributed by atoms with Gasteiger partial charge in [-0.25, -0.2) is 0 Å². The zero-order valence-corrected chi connectivity index (χ0v) is 43.5. The number of nitrogens with one attached hydrogen (secondary N) is 2. The van der Waals surface area contributed by atoms with Gasteiger partial charge in [-0.2, -0.15) is 0 Å². The summed E-state index contributed by atoms with van der Waals surface area (Å²) in [5, 5.41) is 6.79. The van der Waals surface area contributed by atoms with Crippen LogP contribution in [0.2, 0.25) is 0 Å². The number of likely N-dealkylation sites (N-methyl/N-ethyl adjacent to an activating group) is 1. The third-order valence-corrected chi connectivity index (χ3v) is 9.56. The first kappa shape index (κ1) is 74.7. The average Bonchev–Trinajstić information content (AvgIpc) is 3.15. The molecule has 0 saturated heterocycles. The van der Waals surface area contributed by atoms with Crippen molar-refractivity contribution >= 4 is 17.1 Å². The molecule has 3 heteroatoms. The third kappa shape index (κ3) is 48.9. The third-order valence-electron chi connectivity index (χ3n) is 9.01. The van der Waals surface area contributed by atoms with Crippen molar-refractivity contribution in [3.8, 4) is 0 Å². The molecule has 0 spiro atoms. The molecular formula is C52H114N2S. The Bertz CT molecular complexity index is 823. The second kappa shape index (κ2) is 50.8. The molecule has 338 valence electrons. The molecule has 4 unspecified atom stereocenters. The van der Waals surface area contributed by atoms with E-state index in [4.69, 9.17) is 12.2 Å². The monoisotopic (exact) mass is 799 g/mol. The van der Waals surface area contributed by atoms with Crippen molar-refractivity contribution in [2.75, 3.05) is 7.05 Å². The Kier molecular flexibility index (Phi) is 69.1. The standard InChI is InChI=1S/C11H21N.C11H20S.C10H20.C9H19N.5C2H6.CH4/c1-4-11(12-10(2)3)8-6-5-7-9-11;1-6-11(12)10(5)9(4)7-8(2)3;1-6-9(4)7-10(5)8(2)3;1-7(2)8(10-6)9(3,4)5;5*1-2;/h12H,2,4-9H2,1,3H3;8-9H,5-7H2,1-4H3;9-10H,2,6-7H2,1,3-5H3;8,10H,1H2,2-6H3;5*1-2H3;1H4. The van der Waals surface area contributed by atoms with E-state index in [1.807, 2.05) is 76.3 Å². The molecule has 0 amide bonds. The molecule has 1 rings (SSSR count). The van der Waals surface area contributed by atoms with Gasteiger partial charge in [0.05, 0.1) is 0 Å². The second-order valence-electron chi connectivity index (χ2n) is 15.4. The Morgan fingerprint density at radius 2 is 1.07 bits per heavy atom. The van der Waals surface area contributed by atoms with Crippen LogP contribution in [0.25, 0.3) is 0 Å². The molecule has 0 aromatic rings. The SMILES string of the molecule is C.C=C(C(=S)CC)C(C)CC(C)C.C=C(C)C(C)CC(C)CC.C=C(C)C(NC)C(C)(C)C.C=C(C)NC1(CC)CCCCC1.CC.CC.CC.CC.CC. The van der Waals surface area contributed by atoms with Crippen molar-refractivity contribution in [1.82, 2.24) is 10.6 Å². The topological polar surface area (TPSA) is 24.1 Å². The number of thiocarbonyl (C=S) groups is 1. The molecule has 0 heterocycles. The van der Waals surface area contributed by atoms with E-state index in [-0.39, 0.29) is 12.8 Å². The van der Waals surface area contributed by atoms with Crippen molar-refractivity contribution in [2.45, 2.75) is 249 Å². The van der Waals surface area contributed by atoms with Crippen LogP contribution in [0.5, 0.6) is 0 Å². The predicted octanol–water partition coefficient (Wildman–Crippen LogP) is 18.8. The van der Waals surface area contributed by atoms with Crippen molar-refractivity contribution in [3.05, 3.63) is 48.7 Å². The van der Waals surface area contributed by atoms with E-state index in [0.29, 0.717) is 23.4 Å². The smallest absolute Gasteiger partial charge is 0.0367 e. The summed E-state index contributed by atoms with van der Waals surface area (Å²) >= 11 is 5.21. The highest BCUT2D eigenvalue weighted by Gasteiger charge is 2.29. The number of rotatable bonds is 14. The highest BCUT2D eigenvalue weighted by Crippen LogP contribution is 2.31. The molecular weight excluding hydrogens is 685 g/mol. The molecule has 1 saturated carbocycles. The molecule has 55 heavy (non-hydrogen) atoms. The first-order valence-electron chi connectivity index (χ1n) is 22.8. The average molecular weight is 800 g/mol. The van der Waals surface area contributed by atoms with Gasteiger partial charge in [0.1, 0.15) is 0 Å². The van der Waals surface area contributed by atoms with Crippen LogP contribution in [0.3, 0.4) is 0 Å². The Morgan fingerprint density at radius 1 is 0.673 bits per heavy atom. The van der Waals surface area contributed by atoms with E-state index in [1.54, 1.807) is 0 Å². The van der Waals surface area contributed by atoms with Crippen LogP contribution in [0.4, 0.5) is 0 Å². The summed E-state index contributed by atoms with van der Waals surface area (Å²) in [4.78, 5) is 1.04. The Hall–Kier alpha value is -1.19. The fourth-order valence-electron chi connectivity index (χ4n) is 5.99. The molecule has 0 bridgehead atoms. The lowest BCUT2D eigenvalue weighted by molar-refractivity contribution is 0.242. The van der Waals surface area contributed by atoms with Crippen LogP contribution in [0, 0.1) is 29.1 Å². The molecule has 2 nitrogen and oxygen atoms in total. The highest BCUT2D eigenvalue weighted by molar-refractivity contribution is 7.80. The van der Waals surface area contributed by atoms with E-state index in [1.165, 1.54) is 74.5 Å². The van der Waals surface area contributed by atoms with E-state index >= 15 is 0 Å². The molecule has 0 aromatic heterocycles. The van der Waals surface area contributed by atoms with Gasteiger partial charge < -0.3 is 10.6 Å². The molecule has 1 aliphatic rings. The van der Waals surface area contributed by atoms with Crippen LogP contribution in [-0.4, -0.2) is 23.5 Å². The summed E-state index contributed by atoms with van der Waals surface area (Å²) in [6, 6.07) is 0.424. The van der Waals surface area contributed by atoms with Gasteiger partial charge in [-0.3, -0.25) is 0 Å². The number of allylic oxidation sites excluding steroid dienone is 3. The Labute approximate surface area is 360 Å². The van der Waals surface area contributed by atoms with Crippen molar-refractivity contribution in [2.24, 2.45) is 29.1 Å². The van der Waals surface area contributed by atoms with Crippen molar-refractivity contribution in [1.29, 1.82) is 0 Å². The van der Waals surface area contributed by atoms with Crippen LogP contribution in [-0.2, 0) is 0 Å². The van der Waals surface area contributed by atoms with Gasteiger partial charge in [0.2, 0.25) is 0 Å². The summed E-state index contributed by atoms with van der Waals surface area (Å²) in [5.74, 6) is 2.84. The maximum atomic E-state index is 5.21. The van der Waals surface area contributed by atoms with E-state index in [0.717, 1.165) is 28.8 Å². The summed E-state index contributed by atoms with van der Waals surface area (Å²) in [7, 11) is 1.98. The zero-order valence-electron chi connectivity index (χ0n) is 42.7. The molecule has 1 aliphatic carbocycles. The van der Waals surface area contributed by atoms with Crippen LogP contribution >= 0.6 is 12.2 Å². The molecule has 4 atom stereocenters. The lowest BCUT2D eigenvalue weighted by Crippen LogP contribution is -2.44. The van der Waals surface area contributed by atoms with Gasteiger partial charge in [0, 0.05) is 22.1 Å². The molecule has 1 fully saturated rings. The van der Waals surface area contributed by atoms with Crippen LogP contribution in [0.15, 0.2) is 48.7 Å². The van der Waals surface area contributed by atoms with E-state index in [9.17, 15) is 0 Å². The zero-order chi connectivity index (χ0) is 45.3. The van der Waals surface area contributed by atoms with Crippen molar-refractivity contribution < 1.29 is 0 Å². The van der Waals surface area contributed by atoms with E-state index < -0.39 is 0 Å². The summed E-state index contributed by atoms with van der Waals surface area (Å²) < 4.78 is 0. The van der Waals surface area contributed by atoms with E-state index in [2.05, 4.69) is 134 Å². The van der Waals surface area contributed by atoms with Gasteiger partial charge >= 0.3 is 0 Å². The maximum absolute atomic E-state index is 5.21. The minimum absolute atomic E-state index is 0. The summed E-state index contributed by atoms with van der Waals surface area (Å²) in [5.41, 5.74) is 5.49. The van der Waals surface area contributed by atoms with Crippen LogP contribution < -0.4 is 10.6 Å². The Balaban J connectivity index is -0.0000000676. The summed E-state index contributed by atoms with van der Waals surface area (Å²) in [6.45, 7) is 66.6. The molecule has 0 aliphatic heterocycles. The quantitative estimate of drug-likeness (QED) is 0.104. The number of hydrogen-bond acceptors (Lipinski definition) is 3. The second-order valence-corrected chi connectivity index (χ2v) is 15.9. The molecule has 2 N–H and O–H groups in total. The van der Waals surface area contributed by atoms with Crippen molar-refractivity contribution in [3.63, 3.8) is 0 Å². The van der Waals surface area contributed by atoms with Gasteiger partial charge in [-0.05, 0) is 101 Å². The summed E-state index contributed by atoms with van der Waals surface area (Å²) in [6.07, 6.45) is 12.8. The largest absolute Gasteiger partial charge is 0.384 e. The minimum Gasteiger partial charge on any atom is -0.384 e.